The van der Waals surface area contributed by atoms with Gasteiger partial charge in [-0.25, -0.2) is 13.6 Å². The van der Waals surface area contributed by atoms with Gasteiger partial charge in [0.2, 0.25) is 0 Å². The largest absolute Gasteiger partial charge is 0.462 e. The second-order valence-corrected chi connectivity index (χ2v) is 2.96. The average molecular weight is 214 g/mol. The minimum absolute atomic E-state index is 0.0634. The smallest absolute Gasteiger partial charge is 0.338 e. The van der Waals surface area contributed by atoms with Gasteiger partial charge in [0.1, 0.15) is 0 Å². The number of hydrogen-bond donors (Lipinski definition) is 0. The predicted octanol–water partition coefficient (Wildman–Crippen LogP) is 2.70. The van der Waals surface area contributed by atoms with Crippen molar-refractivity contribution in [1.82, 2.24) is 0 Å². The van der Waals surface area contributed by atoms with Crippen LogP contribution in [0.2, 0.25) is 0 Å². The molecule has 0 aliphatic heterocycles. The summed E-state index contributed by atoms with van der Waals surface area (Å²) in [7, 11) is 0. The highest BCUT2D eigenvalue weighted by molar-refractivity contribution is 5.91. The van der Waals surface area contributed by atoms with Crippen LogP contribution in [0.4, 0.5) is 8.78 Å². The van der Waals surface area contributed by atoms with Crippen LogP contribution in [0.1, 0.15) is 29.8 Å². The molecule has 0 aliphatic rings. The van der Waals surface area contributed by atoms with E-state index in [9.17, 15) is 13.6 Å². The molecule has 1 aromatic rings. The third kappa shape index (κ3) is 2.32. The first-order valence-corrected chi connectivity index (χ1v) is 4.75. The van der Waals surface area contributed by atoms with E-state index in [1.54, 1.807) is 13.8 Å². The van der Waals surface area contributed by atoms with Crippen molar-refractivity contribution < 1.29 is 18.3 Å². The lowest BCUT2D eigenvalue weighted by atomic mass is 10.0. The molecule has 0 bridgehead atoms. The number of hydrogen-bond acceptors (Lipinski definition) is 2. The molecule has 0 fully saturated rings. The van der Waals surface area contributed by atoms with Gasteiger partial charge in [-0.2, -0.15) is 0 Å². The summed E-state index contributed by atoms with van der Waals surface area (Å²) in [6.07, 6.45) is 0.248. The molecule has 1 rings (SSSR count). The Bertz CT molecular complexity index is 375. The third-order valence-corrected chi connectivity index (χ3v) is 2.04. The van der Waals surface area contributed by atoms with E-state index in [0.29, 0.717) is 0 Å². The fourth-order valence-electron chi connectivity index (χ4n) is 1.34. The Morgan fingerprint density at radius 2 is 2.00 bits per heavy atom. The Morgan fingerprint density at radius 1 is 1.33 bits per heavy atom. The van der Waals surface area contributed by atoms with E-state index in [-0.39, 0.29) is 24.2 Å². The highest BCUT2D eigenvalue weighted by Crippen LogP contribution is 2.18. The van der Waals surface area contributed by atoms with Gasteiger partial charge in [-0.05, 0) is 25.5 Å². The molecule has 0 amide bonds. The number of esters is 1. The van der Waals surface area contributed by atoms with Gasteiger partial charge in [0.05, 0.1) is 12.2 Å². The van der Waals surface area contributed by atoms with Crippen LogP contribution in [0.15, 0.2) is 12.1 Å². The zero-order chi connectivity index (χ0) is 11.4. The van der Waals surface area contributed by atoms with Crippen LogP contribution in [0, 0.1) is 11.6 Å². The number of ether oxygens (including phenoxy) is 1. The van der Waals surface area contributed by atoms with Crippen molar-refractivity contribution in [2.45, 2.75) is 20.3 Å². The Balaban J connectivity index is 3.18. The number of halogens is 2. The van der Waals surface area contributed by atoms with Crippen molar-refractivity contribution in [1.29, 1.82) is 0 Å². The first kappa shape index (κ1) is 11.6. The maximum Gasteiger partial charge on any atom is 0.338 e. The van der Waals surface area contributed by atoms with E-state index in [1.807, 2.05) is 0 Å². The third-order valence-electron chi connectivity index (χ3n) is 2.04. The van der Waals surface area contributed by atoms with Crippen LogP contribution in [-0.4, -0.2) is 12.6 Å². The molecule has 0 saturated carbocycles. The summed E-state index contributed by atoms with van der Waals surface area (Å²) in [6.45, 7) is 3.52. The van der Waals surface area contributed by atoms with Crippen molar-refractivity contribution in [2.75, 3.05) is 6.61 Å². The lowest BCUT2D eigenvalue weighted by Crippen LogP contribution is -2.10. The van der Waals surface area contributed by atoms with E-state index in [1.165, 1.54) is 6.07 Å². The number of benzene rings is 1. The van der Waals surface area contributed by atoms with Crippen molar-refractivity contribution in [2.24, 2.45) is 0 Å². The van der Waals surface area contributed by atoms with Gasteiger partial charge in [0.15, 0.2) is 11.6 Å². The summed E-state index contributed by atoms with van der Waals surface area (Å²) in [5.41, 5.74) is 0.159. The molecule has 0 atom stereocenters. The normalized spacial score (nSPS) is 10.1. The molecule has 0 unspecified atom stereocenters. The topological polar surface area (TPSA) is 26.3 Å². The summed E-state index contributed by atoms with van der Waals surface area (Å²) < 4.78 is 30.9. The van der Waals surface area contributed by atoms with Crippen LogP contribution in [0.3, 0.4) is 0 Å². The molecule has 0 aliphatic carbocycles. The Morgan fingerprint density at radius 3 is 2.53 bits per heavy atom. The minimum atomic E-state index is -0.969. The van der Waals surface area contributed by atoms with E-state index >= 15 is 0 Å². The minimum Gasteiger partial charge on any atom is -0.462 e. The molecule has 0 aromatic heterocycles. The zero-order valence-electron chi connectivity index (χ0n) is 8.64. The van der Waals surface area contributed by atoms with Crippen LogP contribution in [-0.2, 0) is 11.2 Å². The van der Waals surface area contributed by atoms with Crippen LogP contribution in [0.5, 0.6) is 0 Å². The number of carbonyl (C=O) groups is 1. The van der Waals surface area contributed by atoms with E-state index in [2.05, 4.69) is 0 Å². The van der Waals surface area contributed by atoms with E-state index < -0.39 is 17.6 Å². The van der Waals surface area contributed by atoms with E-state index in [4.69, 9.17) is 4.74 Å². The number of rotatable bonds is 3. The van der Waals surface area contributed by atoms with Crippen LogP contribution < -0.4 is 0 Å². The molecule has 15 heavy (non-hydrogen) atoms. The second kappa shape index (κ2) is 4.87. The second-order valence-electron chi connectivity index (χ2n) is 2.96. The van der Waals surface area contributed by atoms with Gasteiger partial charge in [-0.3, -0.25) is 0 Å². The predicted molar refractivity (Wildman–Crippen MR) is 51.7 cm³/mol. The van der Waals surface area contributed by atoms with Crippen molar-refractivity contribution >= 4 is 5.97 Å². The Kier molecular flexibility index (Phi) is 3.77. The lowest BCUT2D eigenvalue weighted by molar-refractivity contribution is 0.0524. The summed E-state index contributed by atoms with van der Waals surface area (Å²) in [5.74, 6) is -2.53. The highest BCUT2D eigenvalue weighted by atomic mass is 19.2. The van der Waals surface area contributed by atoms with Crippen LogP contribution >= 0.6 is 0 Å². The lowest BCUT2D eigenvalue weighted by Gasteiger charge is -2.08. The fraction of sp³-hybridized carbons (Fsp3) is 0.364. The van der Waals surface area contributed by atoms with Crippen LogP contribution in [0.25, 0.3) is 0 Å². The average Bonchev–Trinajstić information content (AvgIpc) is 2.22. The SMILES string of the molecule is CCOC(=O)c1ccc(F)c(F)c1CC. The molecule has 0 N–H and O–H groups in total. The molecule has 0 heterocycles. The van der Waals surface area contributed by atoms with Gasteiger partial charge < -0.3 is 4.74 Å². The van der Waals surface area contributed by atoms with Crippen molar-refractivity contribution in [3.05, 3.63) is 34.9 Å². The molecule has 82 valence electrons. The monoisotopic (exact) mass is 214 g/mol. The first-order chi connectivity index (χ1) is 7.11. The molecule has 0 radical (unpaired) electrons. The molecule has 4 heteroatoms. The summed E-state index contributed by atoms with van der Waals surface area (Å²) >= 11 is 0. The molecule has 2 nitrogen and oxygen atoms in total. The summed E-state index contributed by atoms with van der Waals surface area (Å²) in [6, 6.07) is 2.18. The summed E-state index contributed by atoms with van der Waals surface area (Å²) in [4.78, 5) is 11.4. The molecular weight excluding hydrogens is 202 g/mol. The molecule has 1 aromatic carbocycles. The van der Waals surface area contributed by atoms with Gasteiger partial charge in [-0.15, -0.1) is 0 Å². The van der Waals surface area contributed by atoms with Gasteiger partial charge in [-0.1, -0.05) is 6.92 Å². The van der Waals surface area contributed by atoms with E-state index in [0.717, 1.165) is 6.07 Å². The maximum absolute atomic E-state index is 13.3. The highest BCUT2D eigenvalue weighted by Gasteiger charge is 2.17. The Hall–Kier alpha value is -1.45. The quantitative estimate of drug-likeness (QED) is 0.723. The van der Waals surface area contributed by atoms with Gasteiger partial charge in [0, 0.05) is 5.56 Å². The maximum atomic E-state index is 13.3. The fourth-order valence-corrected chi connectivity index (χ4v) is 1.34. The van der Waals surface area contributed by atoms with Gasteiger partial charge in [0.25, 0.3) is 0 Å². The van der Waals surface area contributed by atoms with Gasteiger partial charge >= 0.3 is 5.97 Å². The standard InChI is InChI=1S/C11H12F2O2/c1-3-7-8(11(14)15-4-2)5-6-9(12)10(7)13/h5-6H,3-4H2,1-2H3. The zero-order valence-corrected chi connectivity index (χ0v) is 8.64. The van der Waals surface area contributed by atoms with Crippen molar-refractivity contribution in [3.63, 3.8) is 0 Å². The molecule has 0 spiro atoms. The molecule has 0 saturated heterocycles. The summed E-state index contributed by atoms with van der Waals surface area (Å²) in [5, 5.41) is 0. The number of carbonyl (C=O) groups excluding carboxylic acids is 1. The first-order valence-electron chi connectivity index (χ1n) is 4.75. The van der Waals surface area contributed by atoms with Crippen molar-refractivity contribution in [3.8, 4) is 0 Å². The molecular formula is C11H12F2O2. The Labute approximate surface area is 86.9 Å².